The Morgan fingerprint density at radius 3 is 2.90 bits per heavy atom. The molecule has 0 aromatic heterocycles. The molecule has 4 nitrogen and oxygen atoms in total. The summed E-state index contributed by atoms with van der Waals surface area (Å²) in [5.74, 6) is 0.258. The van der Waals surface area contributed by atoms with Crippen molar-refractivity contribution in [3.8, 4) is 0 Å². The number of aryl methyl sites for hydroxylation is 1. The van der Waals surface area contributed by atoms with Crippen molar-refractivity contribution >= 4 is 11.6 Å². The molecule has 1 aromatic rings. The van der Waals surface area contributed by atoms with E-state index >= 15 is 0 Å². The minimum atomic E-state index is -0.0298. The quantitative estimate of drug-likeness (QED) is 0.771. The van der Waals surface area contributed by atoms with Crippen molar-refractivity contribution in [1.82, 2.24) is 5.32 Å². The van der Waals surface area contributed by atoms with Crippen LogP contribution >= 0.6 is 0 Å². The molecule has 20 heavy (non-hydrogen) atoms. The second-order valence-corrected chi connectivity index (χ2v) is 5.63. The molecule has 2 unspecified atom stereocenters. The lowest BCUT2D eigenvalue weighted by Gasteiger charge is -2.30. The molecule has 0 aliphatic heterocycles. The molecule has 1 aliphatic carbocycles. The number of anilines is 1. The van der Waals surface area contributed by atoms with E-state index in [2.05, 4.69) is 10.6 Å². The van der Waals surface area contributed by atoms with Crippen molar-refractivity contribution < 1.29 is 9.90 Å². The van der Waals surface area contributed by atoms with Gasteiger partial charge in [-0.15, -0.1) is 0 Å². The van der Waals surface area contributed by atoms with E-state index in [4.69, 9.17) is 0 Å². The Balaban J connectivity index is 1.79. The van der Waals surface area contributed by atoms with Crippen LogP contribution < -0.4 is 10.6 Å². The lowest BCUT2D eigenvalue weighted by molar-refractivity contribution is -0.115. The van der Waals surface area contributed by atoms with Crippen LogP contribution in [-0.2, 0) is 4.79 Å². The van der Waals surface area contributed by atoms with Gasteiger partial charge >= 0.3 is 0 Å². The fourth-order valence-electron chi connectivity index (χ4n) is 2.85. The van der Waals surface area contributed by atoms with E-state index in [0.29, 0.717) is 6.54 Å². The van der Waals surface area contributed by atoms with E-state index < -0.39 is 0 Å². The Morgan fingerprint density at radius 2 is 2.15 bits per heavy atom. The first-order valence-corrected chi connectivity index (χ1v) is 7.40. The maximum atomic E-state index is 11.9. The number of nitrogens with one attached hydrogen (secondary N) is 2. The summed E-state index contributed by atoms with van der Waals surface area (Å²) in [6.07, 6.45) is 4.45. The van der Waals surface area contributed by atoms with Gasteiger partial charge in [-0.05, 0) is 43.4 Å². The number of aliphatic hydroxyl groups is 1. The second-order valence-electron chi connectivity index (χ2n) is 5.63. The zero-order valence-electron chi connectivity index (χ0n) is 12.1. The highest BCUT2D eigenvalue weighted by Gasteiger charge is 2.24. The Morgan fingerprint density at radius 1 is 1.35 bits per heavy atom. The lowest BCUT2D eigenvalue weighted by atomic mass is 9.85. The molecule has 1 fully saturated rings. The predicted octanol–water partition coefficient (Wildman–Crippen LogP) is 2.07. The summed E-state index contributed by atoms with van der Waals surface area (Å²) in [7, 11) is 0. The van der Waals surface area contributed by atoms with Gasteiger partial charge in [0.25, 0.3) is 0 Å². The van der Waals surface area contributed by atoms with Gasteiger partial charge in [0.2, 0.25) is 5.91 Å². The molecule has 1 saturated carbocycles. The van der Waals surface area contributed by atoms with Gasteiger partial charge in [0, 0.05) is 18.3 Å². The molecule has 2 rings (SSSR count). The minimum absolute atomic E-state index is 0.0298. The van der Waals surface area contributed by atoms with Gasteiger partial charge in [-0.25, -0.2) is 0 Å². The Bertz CT molecular complexity index is 448. The third-order valence-electron chi connectivity index (χ3n) is 3.97. The number of aliphatic hydroxyl groups excluding tert-OH is 1. The highest BCUT2D eigenvalue weighted by Crippen LogP contribution is 2.23. The molecule has 110 valence electrons. The van der Waals surface area contributed by atoms with Crippen LogP contribution in [0.2, 0.25) is 0 Å². The number of rotatable bonds is 5. The Kier molecular flexibility index (Phi) is 5.56. The molecule has 4 heteroatoms. The number of carbonyl (C=O) groups is 1. The first-order valence-electron chi connectivity index (χ1n) is 7.40. The van der Waals surface area contributed by atoms with Crippen LogP contribution in [0.3, 0.4) is 0 Å². The zero-order chi connectivity index (χ0) is 14.4. The molecule has 1 aliphatic rings. The molecule has 1 aromatic carbocycles. The van der Waals surface area contributed by atoms with E-state index in [1.54, 1.807) is 0 Å². The summed E-state index contributed by atoms with van der Waals surface area (Å²) in [5.41, 5.74) is 1.96. The molecule has 2 atom stereocenters. The molecular weight excluding hydrogens is 252 g/mol. The van der Waals surface area contributed by atoms with Crippen molar-refractivity contribution in [2.45, 2.75) is 38.6 Å². The third-order valence-corrected chi connectivity index (χ3v) is 3.97. The first-order chi connectivity index (χ1) is 9.69. The maximum absolute atomic E-state index is 11.9. The summed E-state index contributed by atoms with van der Waals surface area (Å²) in [5, 5.41) is 15.5. The molecular formula is C16H24N2O2. The van der Waals surface area contributed by atoms with Crippen molar-refractivity contribution in [3.63, 3.8) is 0 Å². The van der Waals surface area contributed by atoms with Gasteiger partial charge < -0.3 is 15.7 Å². The number of benzene rings is 1. The normalized spacial score (nSPS) is 22.5. The van der Waals surface area contributed by atoms with E-state index in [1.807, 2.05) is 31.2 Å². The number of hydrogen-bond donors (Lipinski definition) is 3. The topological polar surface area (TPSA) is 61.4 Å². The SMILES string of the molecule is Cc1cccc(NC(=O)CNC2CCCCC2CO)c1. The maximum Gasteiger partial charge on any atom is 0.238 e. The van der Waals surface area contributed by atoms with Gasteiger partial charge in [-0.3, -0.25) is 4.79 Å². The van der Waals surface area contributed by atoms with Crippen LogP contribution in [-0.4, -0.2) is 30.2 Å². The van der Waals surface area contributed by atoms with Gasteiger partial charge in [-0.1, -0.05) is 25.0 Å². The van der Waals surface area contributed by atoms with Crippen molar-refractivity contribution in [2.75, 3.05) is 18.5 Å². The van der Waals surface area contributed by atoms with Crippen LogP contribution in [0.4, 0.5) is 5.69 Å². The van der Waals surface area contributed by atoms with Gasteiger partial charge in [0.15, 0.2) is 0 Å². The summed E-state index contributed by atoms with van der Waals surface area (Å²) in [4.78, 5) is 11.9. The molecule has 0 radical (unpaired) electrons. The van der Waals surface area contributed by atoms with Gasteiger partial charge in [-0.2, -0.15) is 0 Å². The lowest BCUT2D eigenvalue weighted by Crippen LogP contribution is -2.43. The molecule has 0 spiro atoms. The average Bonchev–Trinajstić information content (AvgIpc) is 2.45. The summed E-state index contributed by atoms with van der Waals surface area (Å²) >= 11 is 0. The van der Waals surface area contributed by atoms with Crippen molar-refractivity contribution in [2.24, 2.45) is 5.92 Å². The Labute approximate surface area is 120 Å². The molecule has 3 N–H and O–H groups in total. The van der Waals surface area contributed by atoms with Gasteiger partial charge in [0.05, 0.1) is 6.54 Å². The smallest absolute Gasteiger partial charge is 0.238 e. The van der Waals surface area contributed by atoms with Crippen LogP contribution in [0.1, 0.15) is 31.2 Å². The number of hydrogen-bond acceptors (Lipinski definition) is 3. The summed E-state index contributed by atoms with van der Waals surface area (Å²) in [6.45, 7) is 2.51. The minimum Gasteiger partial charge on any atom is -0.396 e. The largest absolute Gasteiger partial charge is 0.396 e. The van der Waals surface area contributed by atoms with Crippen LogP contribution in [0, 0.1) is 12.8 Å². The fourth-order valence-corrected chi connectivity index (χ4v) is 2.85. The van der Waals surface area contributed by atoms with Crippen molar-refractivity contribution in [1.29, 1.82) is 0 Å². The van der Waals surface area contributed by atoms with E-state index in [9.17, 15) is 9.90 Å². The standard InChI is InChI=1S/C16H24N2O2/c1-12-5-4-7-14(9-12)18-16(20)10-17-15-8-3-2-6-13(15)11-19/h4-5,7,9,13,15,17,19H,2-3,6,8,10-11H2,1H3,(H,18,20). The van der Waals surface area contributed by atoms with E-state index in [1.165, 1.54) is 12.8 Å². The molecule has 0 bridgehead atoms. The fraction of sp³-hybridized carbons (Fsp3) is 0.562. The highest BCUT2D eigenvalue weighted by atomic mass is 16.3. The monoisotopic (exact) mass is 276 g/mol. The van der Waals surface area contributed by atoms with Crippen molar-refractivity contribution in [3.05, 3.63) is 29.8 Å². The Hall–Kier alpha value is -1.39. The molecule has 1 amide bonds. The predicted molar refractivity (Wildman–Crippen MR) is 80.6 cm³/mol. The summed E-state index contributed by atoms with van der Waals surface area (Å²) in [6, 6.07) is 8.04. The van der Waals surface area contributed by atoms with E-state index in [0.717, 1.165) is 24.1 Å². The third kappa shape index (κ3) is 4.32. The van der Waals surface area contributed by atoms with E-state index in [-0.39, 0.29) is 24.5 Å². The van der Waals surface area contributed by atoms with Crippen LogP contribution in [0.25, 0.3) is 0 Å². The second kappa shape index (κ2) is 7.41. The van der Waals surface area contributed by atoms with Gasteiger partial charge in [0.1, 0.15) is 0 Å². The average molecular weight is 276 g/mol. The number of carbonyl (C=O) groups excluding carboxylic acids is 1. The zero-order valence-corrected chi connectivity index (χ0v) is 12.1. The first kappa shape index (κ1) is 15.0. The number of amides is 1. The summed E-state index contributed by atoms with van der Waals surface area (Å²) < 4.78 is 0. The van der Waals surface area contributed by atoms with Crippen LogP contribution in [0.15, 0.2) is 24.3 Å². The highest BCUT2D eigenvalue weighted by molar-refractivity contribution is 5.92. The van der Waals surface area contributed by atoms with Crippen LogP contribution in [0.5, 0.6) is 0 Å². The molecule has 0 saturated heterocycles. The molecule has 0 heterocycles.